The van der Waals surface area contributed by atoms with Crippen molar-refractivity contribution in [1.82, 2.24) is 19.8 Å². The number of carbonyl (C=O) groups excluding carboxylic acids is 2. The fourth-order valence-electron chi connectivity index (χ4n) is 4.18. The number of carbonyl (C=O) groups is 2. The van der Waals surface area contributed by atoms with Crippen LogP contribution in [-0.2, 0) is 9.53 Å². The number of rotatable bonds is 9. The fraction of sp³-hybridized carbons (Fsp3) is 0.517. The van der Waals surface area contributed by atoms with Crippen LogP contribution in [0.25, 0.3) is 0 Å². The molecule has 0 saturated carbocycles. The molecule has 1 unspecified atom stereocenters. The summed E-state index contributed by atoms with van der Waals surface area (Å²) in [6, 6.07) is 5.61. The summed E-state index contributed by atoms with van der Waals surface area (Å²) < 4.78 is 18.9. The van der Waals surface area contributed by atoms with Gasteiger partial charge in [-0.05, 0) is 65.2 Å². The molecule has 2 heterocycles. The largest absolute Gasteiger partial charge is 0.444 e. The van der Waals surface area contributed by atoms with Gasteiger partial charge in [0, 0.05) is 38.3 Å². The molecule has 1 aromatic carbocycles. The van der Waals surface area contributed by atoms with E-state index in [1.54, 1.807) is 46.1 Å². The number of hydrogen-bond acceptors (Lipinski definition) is 7. The Bertz CT molecular complexity index is 1220. The minimum atomic E-state index is -0.619. The molecule has 0 aliphatic carbocycles. The van der Waals surface area contributed by atoms with Crippen LogP contribution in [0.2, 0.25) is 0 Å². The molecule has 1 aliphatic heterocycles. The van der Waals surface area contributed by atoms with Crippen molar-refractivity contribution < 1.29 is 18.7 Å². The van der Waals surface area contributed by atoms with Gasteiger partial charge in [0.05, 0.1) is 11.8 Å². The molecule has 2 atom stereocenters. The van der Waals surface area contributed by atoms with Crippen molar-refractivity contribution >= 4 is 29.5 Å². The predicted molar refractivity (Wildman–Crippen MR) is 150 cm³/mol. The highest BCUT2D eigenvalue weighted by Crippen LogP contribution is 2.25. The number of nitrogens with zero attached hydrogens (tertiary/aromatic N) is 4. The highest BCUT2D eigenvalue weighted by Gasteiger charge is 2.41. The molecule has 210 valence electrons. The maximum atomic E-state index is 13.5. The monoisotopic (exact) mass is 538 g/mol. The molecular formula is C29H39FN6O3. The summed E-state index contributed by atoms with van der Waals surface area (Å²) in [5.41, 5.74) is 0.602. The summed E-state index contributed by atoms with van der Waals surface area (Å²) in [7, 11) is 1.61. The van der Waals surface area contributed by atoms with Gasteiger partial charge in [-0.1, -0.05) is 24.8 Å². The lowest BCUT2D eigenvalue weighted by Gasteiger charge is -2.27. The number of hydrogen-bond donors (Lipinski definition) is 2. The molecule has 0 spiro atoms. The van der Waals surface area contributed by atoms with Gasteiger partial charge in [0.25, 0.3) is 0 Å². The number of nitrogens with one attached hydrogen (secondary N) is 2. The van der Waals surface area contributed by atoms with Crippen LogP contribution < -0.4 is 10.6 Å². The van der Waals surface area contributed by atoms with Gasteiger partial charge >= 0.3 is 6.09 Å². The maximum Gasteiger partial charge on any atom is 0.410 e. The second-order valence-corrected chi connectivity index (χ2v) is 10.6. The van der Waals surface area contributed by atoms with Gasteiger partial charge in [0.2, 0.25) is 11.9 Å². The first-order chi connectivity index (χ1) is 18.5. The zero-order valence-corrected chi connectivity index (χ0v) is 23.7. The molecule has 3 rings (SSSR count). The van der Waals surface area contributed by atoms with E-state index in [-0.39, 0.29) is 17.8 Å². The fourth-order valence-corrected chi connectivity index (χ4v) is 4.18. The number of unbranched alkanes of at least 4 members (excludes halogenated alkanes) is 1. The maximum absolute atomic E-state index is 13.5. The number of ether oxygens (including phenoxy) is 1. The Morgan fingerprint density at radius 3 is 2.79 bits per heavy atom. The second kappa shape index (κ2) is 13.3. The molecule has 10 heteroatoms. The number of amides is 2. The van der Waals surface area contributed by atoms with Crippen LogP contribution in [0, 0.1) is 17.7 Å². The van der Waals surface area contributed by atoms with Crippen LogP contribution in [-0.4, -0.2) is 69.6 Å². The molecule has 2 aromatic rings. The van der Waals surface area contributed by atoms with Gasteiger partial charge in [-0.25, -0.2) is 14.2 Å². The minimum absolute atomic E-state index is 0.0247. The molecule has 1 aliphatic rings. The molecular weight excluding hydrogens is 499 g/mol. The first-order valence-corrected chi connectivity index (χ1v) is 13.4. The molecule has 0 bridgehead atoms. The average molecular weight is 539 g/mol. The van der Waals surface area contributed by atoms with E-state index >= 15 is 0 Å². The first kappa shape index (κ1) is 29.7. The predicted octanol–water partition coefficient (Wildman–Crippen LogP) is 5.17. The molecule has 9 nitrogen and oxygen atoms in total. The standard InChI is InChI=1S/C29H39FN6O3/c1-7-15-31-25-21(19-32-27(34-25)33-23-14-11-13-22(30)18-23)12-9-8-10-16-36-20(2)17-24(26(36)37)35(6)28(38)39-29(3,4)5/h11,13-14,18-20,24H,7-8,10,15-17H2,1-6H3,(H2,31,32,33,34)/t20?,24-/m0/s1. The summed E-state index contributed by atoms with van der Waals surface area (Å²) in [6.45, 7) is 10.7. The van der Waals surface area contributed by atoms with E-state index in [1.165, 1.54) is 17.0 Å². The smallest absolute Gasteiger partial charge is 0.410 e. The van der Waals surface area contributed by atoms with Crippen molar-refractivity contribution in [3.05, 3.63) is 41.8 Å². The lowest BCUT2D eigenvalue weighted by atomic mass is 10.1. The zero-order valence-electron chi connectivity index (χ0n) is 23.7. The molecule has 0 radical (unpaired) electrons. The quantitative estimate of drug-likeness (QED) is 0.336. The van der Waals surface area contributed by atoms with Crippen LogP contribution in [0.1, 0.15) is 65.9 Å². The topological polar surface area (TPSA) is 99.7 Å². The van der Waals surface area contributed by atoms with Crippen molar-refractivity contribution in [2.45, 2.75) is 78.0 Å². The third kappa shape index (κ3) is 8.57. The van der Waals surface area contributed by atoms with Crippen LogP contribution in [0.5, 0.6) is 0 Å². The van der Waals surface area contributed by atoms with E-state index in [2.05, 4.69) is 39.4 Å². The molecule has 2 N–H and O–H groups in total. The van der Waals surface area contributed by atoms with E-state index in [4.69, 9.17) is 4.74 Å². The lowest BCUT2D eigenvalue weighted by molar-refractivity contribution is -0.132. The van der Waals surface area contributed by atoms with E-state index in [0.717, 1.165) is 13.0 Å². The van der Waals surface area contributed by atoms with Gasteiger partial charge in [-0.2, -0.15) is 4.98 Å². The van der Waals surface area contributed by atoms with Gasteiger partial charge in [-0.15, -0.1) is 0 Å². The summed E-state index contributed by atoms with van der Waals surface area (Å²) in [5, 5.41) is 6.29. The zero-order chi connectivity index (χ0) is 28.6. The van der Waals surface area contributed by atoms with Crippen molar-refractivity contribution in [2.24, 2.45) is 0 Å². The number of likely N-dealkylation sites (tertiary alicyclic amines) is 1. The van der Waals surface area contributed by atoms with Crippen LogP contribution in [0.15, 0.2) is 30.5 Å². The van der Waals surface area contributed by atoms with Crippen LogP contribution in [0.4, 0.5) is 26.6 Å². The van der Waals surface area contributed by atoms with Gasteiger partial charge < -0.3 is 20.3 Å². The second-order valence-electron chi connectivity index (χ2n) is 10.6. The summed E-state index contributed by atoms with van der Waals surface area (Å²) >= 11 is 0. The minimum Gasteiger partial charge on any atom is -0.444 e. The highest BCUT2D eigenvalue weighted by atomic mass is 19.1. The lowest BCUT2D eigenvalue weighted by Crippen LogP contribution is -2.45. The number of anilines is 3. The van der Waals surface area contributed by atoms with E-state index in [9.17, 15) is 14.0 Å². The Morgan fingerprint density at radius 2 is 2.10 bits per heavy atom. The third-order valence-corrected chi connectivity index (χ3v) is 6.15. The van der Waals surface area contributed by atoms with E-state index in [1.807, 2.05) is 11.8 Å². The normalized spacial score (nSPS) is 16.9. The Balaban J connectivity index is 1.58. The van der Waals surface area contributed by atoms with Crippen molar-refractivity contribution in [3.63, 3.8) is 0 Å². The van der Waals surface area contributed by atoms with E-state index < -0.39 is 17.7 Å². The SMILES string of the molecule is CCCNc1nc(Nc2cccc(F)c2)ncc1C#CCCCN1C(=O)[C@@H](N(C)C(=O)OC(C)(C)C)CC1C. The Kier molecular flexibility index (Phi) is 10.1. The highest BCUT2D eigenvalue weighted by molar-refractivity contribution is 5.88. The molecule has 1 aromatic heterocycles. The molecule has 1 saturated heterocycles. The van der Waals surface area contributed by atoms with Crippen LogP contribution in [0.3, 0.4) is 0 Å². The van der Waals surface area contributed by atoms with Crippen molar-refractivity contribution in [2.75, 3.05) is 30.8 Å². The third-order valence-electron chi connectivity index (χ3n) is 6.15. The van der Waals surface area contributed by atoms with Crippen LogP contribution >= 0.6 is 0 Å². The Morgan fingerprint density at radius 1 is 1.33 bits per heavy atom. The van der Waals surface area contributed by atoms with Crippen molar-refractivity contribution in [3.8, 4) is 11.8 Å². The van der Waals surface area contributed by atoms with Crippen molar-refractivity contribution in [1.29, 1.82) is 0 Å². The average Bonchev–Trinajstić information content (AvgIpc) is 3.15. The Labute approximate surface area is 230 Å². The summed E-state index contributed by atoms with van der Waals surface area (Å²) in [6.07, 6.45) is 3.91. The summed E-state index contributed by atoms with van der Waals surface area (Å²) in [4.78, 5) is 37.5. The number of halogens is 1. The first-order valence-electron chi connectivity index (χ1n) is 13.4. The molecule has 39 heavy (non-hydrogen) atoms. The summed E-state index contributed by atoms with van der Waals surface area (Å²) in [5.74, 6) is 6.84. The number of benzene rings is 1. The molecule has 2 amide bonds. The molecule has 1 fully saturated rings. The van der Waals surface area contributed by atoms with Gasteiger partial charge in [-0.3, -0.25) is 9.69 Å². The number of likely N-dealkylation sites (N-methyl/N-ethyl adjacent to an activating group) is 1. The van der Waals surface area contributed by atoms with Gasteiger partial charge in [0.1, 0.15) is 23.3 Å². The Hall–Kier alpha value is -3.87. The van der Waals surface area contributed by atoms with Gasteiger partial charge in [0.15, 0.2) is 0 Å². The number of aromatic nitrogens is 2. The van der Waals surface area contributed by atoms with E-state index in [0.29, 0.717) is 48.8 Å².